The molecular formula is C17H18ClNO2. The Morgan fingerprint density at radius 3 is 2.43 bits per heavy atom. The molecule has 0 saturated heterocycles. The maximum Gasteiger partial charge on any atom is 0.254 e. The van der Waals surface area contributed by atoms with E-state index in [4.69, 9.17) is 11.6 Å². The summed E-state index contributed by atoms with van der Waals surface area (Å²) < 4.78 is 0. The SMILES string of the molecule is Cc1c(O)cccc1C(=O)N(C)C(C)c1ccc(Cl)cc1. The Hall–Kier alpha value is -2.00. The highest BCUT2D eigenvalue weighted by Crippen LogP contribution is 2.25. The van der Waals surface area contributed by atoms with Crippen LogP contribution in [0.5, 0.6) is 5.75 Å². The van der Waals surface area contributed by atoms with Crippen molar-refractivity contribution in [1.29, 1.82) is 0 Å². The van der Waals surface area contributed by atoms with E-state index in [9.17, 15) is 9.90 Å². The molecule has 0 aliphatic rings. The smallest absolute Gasteiger partial charge is 0.254 e. The highest BCUT2D eigenvalue weighted by Gasteiger charge is 2.21. The van der Waals surface area contributed by atoms with Gasteiger partial charge in [-0.2, -0.15) is 0 Å². The molecule has 1 N–H and O–H groups in total. The number of phenols is 1. The molecule has 0 aromatic heterocycles. The summed E-state index contributed by atoms with van der Waals surface area (Å²) in [5, 5.41) is 10.4. The lowest BCUT2D eigenvalue weighted by Crippen LogP contribution is -2.30. The molecule has 1 unspecified atom stereocenters. The first kappa shape index (κ1) is 15.4. The summed E-state index contributed by atoms with van der Waals surface area (Å²) in [5.74, 6) is 0.0132. The van der Waals surface area contributed by atoms with Crippen LogP contribution < -0.4 is 0 Å². The van der Waals surface area contributed by atoms with E-state index < -0.39 is 0 Å². The first-order chi connectivity index (χ1) is 9.91. The molecule has 21 heavy (non-hydrogen) atoms. The summed E-state index contributed by atoms with van der Waals surface area (Å²) in [6.07, 6.45) is 0. The zero-order chi connectivity index (χ0) is 15.6. The van der Waals surface area contributed by atoms with Gasteiger partial charge in [-0.1, -0.05) is 29.8 Å². The van der Waals surface area contributed by atoms with Crippen molar-refractivity contribution < 1.29 is 9.90 Å². The van der Waals surface area contributed by atoms with Gasteiger partial charge in [0.1, 0.15) is 5.75 Å². The molecule has 1 amide bonds. The van der Waals surface area contributed by atoms with Crippen LogP contribution in [-0.4, -0.2) is 23.0 Å². The lowest BCUT2D eigenvalue weighted by atomic mass is 10.0. The van der Waals surface area contributed by atoms with Gasteiger partial charge >= 0.3 is 0 Å². The number of benzene rings is 2. The largest absolute Gasteiger partial charge is 0.508 e. The van der Waals surface area contributed by atoms with E-state index >= 15 is 0 Å². The van der Waals surface area contributed by atoms with Gasteiger partial charge in [0.05, 0.1) is 6.04 Å². The van der Waals surface area contributed by atoms with Gasteiger partial charge in [0.15, 0.2) is 0 Å². The topological polar surface area (TPSA) is 40.5 Å². The van der Waals surface area contributed by atoms with Gasteiger partial charge in [-0.05, 0) is 43.7 Å². The summed E-state index contributed by atoms with van der Waals surface area (Å²) >= 11 is 5.88. The van der Waals surface area contributed by atoms with Gasteiger partial charge in [0.25, 0.3) is 5.91 Å². The molecule has 1 atom stereocenters. The Kier molecular flexibility index (Phi) is 4.53. The third-order valence-corrected chi connectivity index (χ3v) is 4.04. The van der Waals surface area contributed by atoms with E-state index in [1.165, 1.54) is 0 Å². The van der Waals surface area contributed by atoms with E-state index in [1.807, 2.05) is 31.2 Å². The Morgan fingerprint density at radius 1 is 1.19 bits per heavy atom. The second-order valence-corrected chi connectivity index (χ2v) is 5.53. The Balaban J connectivity index is 2.26. The van der Waals surface area contributed by atoms with E-state index in [2.05, 4.69) is 0 Å². The molecule has 3 nitrogen and oxygen atoms in total. The second-order valence-electron chi connectivity index (χ2n) is 5.09. The fourth-order valence-electron chi connectivity index (χ4n) is 2.19. The van der Waals surface area contributed by atoms with Crippen LogP contribution in [0, 0.1) is 6.92 Å². The average molecular weight is 304 g/mol. The minimum Gasteiger partial charge on any atom is -0.508 e. The van der Waals surface area contributed by atoms with Crippen LogP contribution in [0.1, 0.15) is 34.5 Å². The Morgan fingerprint density at radius 2 is 1.81 bits per heavy atom. The van der Waals surface area contributed by atoms with Gasteiger partial charge in [0, 0.05) is 23.2 Å². The number of carbonyl (C=O) groups excluding carboxylic acids is 1. The maximum absolute atomic E-state index is 12.6. The van der Waals surface area contributed by atoms with Crippen LogP contribution in [0.15, 0.2) is 42.5 Å². The van der Waals surface area contributed by atoms with Crippen LogP contribution in [-0.2, 0) is 0 Å². The van der Waals surface area contributed by atoms with Crippen LogP contribution >= 0.6 is 11.6 Å². The van der Waals surface area contributed by atoms with Crippen LogP contribution in [0.4, 0.5) is 0 Å². The fraction of sp³-hybridized carbons (Fsp3) is 0.235. The predicted molar refractivity (Wildman–Crippen MR) is 84.8 cm³/mol. The number of phenolic OH excluding ortho intramolecular Hbond substituents is 1. The van der Waals surface area contributed by atoms with Crippen molar-refractivity contribution in [3.8, 4) is 5.75 Å². The molecule has 2 aromatic rings. The summed E-state index contributed by atoms with van der Waals surface area (Å²) in [6, 6.07) is 12.3. The molecule has 0 fully saturated rings. The maximum atomic E-state index is 12.6. The summed E-state index contributed by atoms with van der Waals surface area (Å²) in [6.45, 7) is 3.70. The zero-order valence-corrected chi connectivity index (χ0v) is 13.1. The van der Waals surface area contributed by atoms with Crippen molar-refractivity contribution in [1.82, 2.24) is 4.90 Å². The third kappa shape index (κ3) is 3.19. The van der Waals surface area contributed by atoms with Gasteiger partial charge in [-0.3, -0.25) is 4.79 Å². The number of halogens is 1. The number of nitrogens with zero attached hydrogens (tertiary/aromatic N) is 1. The fourth-order valence-corrected chi connectivity index (χ4v) is 2.31. The molecule has 4 heteroatoms. The minimum absolute atomic E-state index is 0.0866. The van der Waals surface area contributed by atoms with Crippen molar-refractivity contribution in [3.63, 3.8) is 0 Å². The molecule has 0 bridgehead atoms. The lowest BCUT2D eigenvalue weighted by Gasteiger charge is -2.26. The summed E-state index contributed by atoms with van der Waals surface area (Å²) in [5.41, 5.74) is 2.11. The van der Waals surface area contributed by atoms with Gasteiger partial charge in [-0.25, -0.2) is 0 Å². The van der Waals surface area contributed by atoms with Crippen molar-refractivity contribution in [3.05, 3.63) is 64.2 Å². The third-order valence-electron chi connectivity index (χ3n) is 3.79. The van der Waals surface area contributed by atoms with E-state index in [0.29, 0.717) is 16.1 Å². The lowest BCUT2D eigenvalue weighted by molar-refractivity contribution is 0.0741. The Bertz CT molecular complexity index is 652. The van der Waals surface area contributed by atoms with E-state index in [1.54, 1.807) is 37.1 Å². The molecule has 2 aromatic carbocycles. The van der Waals surface area contributed by atoms with Crippen molar-refractivity contribution in [2.24, 2.45) is 0 Å². The number of amides is 1. The van der Waals surface area contributed by atoms with Crippen molar-refractivity contribution in [2.45, 2.75) is 19.9 Å². The molecule has 0 aliphatic carbocycles. The second kappa shape index (κ2) is 6.19. The van der Waals surface area contributed by atoms with Crippen LogP contribution in [0.25, 0.3) is 0 Å². The molecular weight excluding hydrogens is 286 g/mol. The van der Waals surface area contributed by atoms with E-state index in [-0.39, 0.29) is 17.7 Å². The van der Waals surface area contributed by atoms with Crippen molar-refractivity contribution in [2.75, 3.05) is 7.05 Å². The number of hydrogen-bond acceptors (Lipinski definition) is 2. The molecule has 2 rings (SSSR count). The minimum atomic E-state index is -0.120. The number of carbonyl (C=O) groups is 1. The molecule has 0 radical (unpaired) electrons. The monoisotopic (exact) mass is 303 g/mol. The molecule has 0 saturated carbocycles. The number of rotatable bonds is 3. The first-order valence-electron chi connectivity index (χ1n) is 6.73. The summed E-state index contributed by atoms with van der Waals surface area (Å²) in [4.78, 5) is 14.2. The van der Waals surface area contributed by atoms with Crippen LogP contribution in [0.3, 0.4) is 0 Å². The highest BCUT2D eigenvalue weighted by atomic mass is 35.5. The van der Waals surface area contributed by atoms with Gasteiger partial charge in [-0.15, -0.1) is 0 Å². The quantitative estimate of drug-likeness (QED) is 0.923. The standard InChI is InChI=1S/C17H18ClNO2/c1-11-15(5-4-6-16(11)20)17(21)19(3)12(2)13-7-9-14(18)10-8-13/h4-10,12,20H,1-3H3. The molecule has 0 heterocycles. The highest BCUT2D eigenvalue weighted by molar-refractivity contribution is 6.30. The molecule has 0 aliphatic heterocycles. The first-order valence-corrected chi connectivity index (χ1v) is 7.11. The number of aromatic hydroxyl groups is 1. The van der Waals surface area contributed by atoms with E-state index in [0.717, 1.165) is 5.56 Å². The zero-order valence-electron chi connectivity index (χ0n) is 12.3. The predicted octanol–water partition coefficient (Wildman–Crippen LogP) is 4.19. The normalized spacial score (nSPS) is 12.0. The molecule has 0 spiro atoms. The Labute approximate surface area is 129 Å². The average Bonchev–Trinajstić information content (AvgIpc) is 2.48. The van der Waals surface area contributed by atoms with Gasteiger partial charge < -0.3 is 10.0 Å². The van der Waals surface area contributed by atoms with Crippen molar-refractivity contribution >= 4 is 17.5 Å². The summed E-state index contributed by atoms with van der Waals surface area (Å²) in [7, 11) is 1.76. The van der Waals surface area contributed by atoms with Gasteiger partial charge in [0.2, 0.25) is 0 Å². The van der Waals surface area contributed by atoms with Crippen LogP contribution in [0.2, 0.25) is 5.02 Å². The number of hydrogen-bond donors (Lipinski definition) is 1. The molecule has 110 valence electrons.